The van der Waals surface area contributed by atoms with E-state index in [1.165, 1.54) is 24.5 Å². The van der Waals surface area contributed by atoms with Crippen molar-refractivity contribution in [3.05, 3.63) is 65.6 Å². The van der Waals surface area contributed by atoms with Crippen LogP contribution in [-0.4, -0.2) is 11.9 Å². The van der Waals surface area contributed by atoms with Gasteiger partial charge in [-0.25, -0.2) is 8.78 Å². The van der Waals surface area contributed by atoms with Crippen molar-refractivity contribution in [1.82, 2.24) is 5.32 Å². The smallest absolute Gasteiger partial charge is 0.432 e. The van der Waals surface area contributed by atoms with Crippen LogP contribution in [-0.2, 0) is 6.54 Å². The van der Waals surface area contributed by atoms with E-state index in [0.29, 0.717) is 12.1 Å². The summed E-state index contributed by atoms with van der Waals surface area (Å²) >= 11 is 0. The standard InChI is InChI=1S/C15H11F5N2O/c16-10-4-3-9(11(17)6-10)8-22-12(13-2-1-5-23-13)7-14(21)15(18,19)20/h1-7,21-22H,8H2/b12-7-,21-14?. The second kappa shape index (κ2) is 6.64. The van der Waals surface area contributed by atoms with Crippen molar-refractivity contribution in [2.24, 2.45) is 0 Å². The molecule has 0 radical (unpaired) electrons. The van der Waals surface area contributed by atoms with Crippen LogP contribution in [0, 0.1) is 17.0 Å². The van der Waals surface area contributed by atoms with Crippen molar-refractivity contribution in [2.45, 2.75) is 12.7 Å². The summed E-state index contributed by atoms with van der Waals surface area (Å²) in [7, 11) is 0. The van der Waals surface area contributed by atoms with Crippen LogP contribution in [0.1, 0.15) is 11.3 Å². The van der Waals surface area contributed by atoms with Gasteiger partial charge in [0.25, 0.3) is 0 Å². The molecule has 2 rings (SSSR count). The SMILES string of the molecule is N=C(/C=C(\NCc1ccc(F)cc1F)c1ccco1)C(F)(F)F. The number of hydrogen-bond donors (Lipinski definition) is 2. The number of nitrogens with one attached hydrogen (secondary N) is 2. The summed E-state index contributed by atoms with van der Waals surface area (Å²) in [5.41, 5.74) is -1.67. The van der Waals surface area contributed by atoms with Crippen molar-refractivity contribution in [3.63, 3.8) is 0 Å². The summed E-state index contributed by atoms with van der Waals surface area (Å²) in [5, 5.41) is 9.59. The summed E-state index contributed by atoms with van der Waals surface area (Å²) in [6.45, 7) is -0.205. The quantitative estimate of drug-likeness (QED) is 0.635. The minimum absolute atomic E-state index is 0.0570. The first kappa shape index (κ1) is 16.7. The van der Waals surface area contributed by atoms with Crippen LogP contribution >= 0.6 is 0 Å². The second-order valence-electron chi connectivity index (χ2n) is 4.54. The highest BCUT2D eigenvalue weighted by Gasteiger charge is 2.33. The molecule has 8 heteroatoms. The minimum atomic E-state index is -4.82. The van der Waals surface area contributed by atoms with E-state index in [4.69, 9.17) is 9.83 Å². The largest absolute Gasteiger partial charge is 0.463 e. The average Bonchev–Trinajstić information content (AvgIpc) is 2.97. The molecule has 0 fully saturated rings. The van der Waals surface area contributed by atoms with E-state index >= 15 is 0 Å². The topological polar surface area (TPSA) is 49.0 Å². The van der Waals surface area contributed by atoms with E-state index in [9.17, 15) is 22.0 Å². The Labute approximate surface area is 127 Å². The first-order valence-corrected chi connectivity index (χ1v) is 6.36. The van der Waals surface area contributed by atoms with E-state index in [0.717, 1.165) is 6.07 Å². The second-order valence-corrected chi connectivity index (χ2v) is 4.54. The fourth-order valence-corrected chi connectivity index (χ4v) is 1.72. The Morgan fingerprint density at radius 1 is 1.22 bits per heavy atom. The number of furan rings is 1. The van der Waals surface area contributed by atoms with Gasteiger partial charge in [0.05, 0.1) is 12.0 Å². The minimum Gasteiger partial charge on any atom is -0.463 e. The molecule has 1 aromatic heterocycles. The molecule has 0 saturated carbocycles. The highest BCUT2D eigenvalue weighted by Crippen LogP contribution is 2.21. The van der Waals surface area contributed by atoms with Gasteiger partial charge in [0.1, 0.15) is 23.1 Å². The maximum atomic E-state index is 13.5. The third-order valence-corrected chi connectivity index (χ3v) is 2.87. The molecule has 0 bridgehead atoms. The van der Waals surface area contributed by atoms with Gasteiger partial charge in [-0.3, -0.25) is 5.41 Å². The molecule has 1 aromatic carbocycles. The molecule has 3 nitrogen and oxygen atoms in total. The Morgan fingerprint density at radius 2 is 1.96 bits per heavy atom. The molecule has 0 aliphatic heterocycles. The van der Waals surface area contributed by atoms with Gasteiger partial charge in [-0.1, -0.05) is 6.07 Å². The third kappa shape index (κ3) is 4.41. The number of rotatable bonds is 5. The van der Waals surface area contributed by atoms with Crippen LogP contribution in [0.2, 0.25) is 0 Å². The number of alkyl halides is 3. The summed E-state index contributed by atoms with van der Waals surface area (Å²) in [5.74, 6) is -1.53. The predicted molar refractivity (Wildman–Crippen MR) is 73.7 cm³/mol. The van der Waals surface area contributed by atoms with Gasteiger partial charge >= 0.3 is 6.18 Å². The molecule has 0 atom stereocenters. The molecule has 0 amide bonds. The summed E-state index contributed by atoms with van der Waals surface area (Å²) in [6, 6.07) is 5.73. The predicted octanol–water partition coefficient (Wildman–Crippen LogP) is 4.27. The maximum absolute atomic E-state index is 13.5. The lowest BCUT2D eigenvalue weighted by molar-refractivity contribution is -0.0584. The maximum Gasteiger partial charge on any atom is 0.432 e. The molecule has 0 saturated heterocycles. The highest BCUT2D eigenvalue weighted by atomic mass is 19.4. The molecular weight excluding hydrogens is 319 g/mol. The van der Waals surface area contributed by atoms with Gasteiger partial charge in [0.15, 0.2) is 0 Å². The lowest BCUT2D eigenvalue weighted by Crippen LogP contribution is -2.22. The fourth-order valence-electron chi connectivity index (χ4n) is 1.72. The van der Waals surface area contributed by atoms with Crippen LogP contribution in [0.15, 0.2) is 47.1 Å². The molecule has 2 aromatic rings. The van der Waals surface area contributed by atoms with Crippen LogP contribution in [0.25, 0.3) is 5.70 Å². The monoisotopic (exact) mass is 330 g/mol. The Morgan fingerprint density at radius 3 is 2.52 bits per heavy atom. The van der Waals surface area contributed by atoms with Crippen LogP contribution in [0.4, 0.5) is 22.0 Å². The first-order chi connectivity index (χ1) is 10.8. The molecule has 2 N–H and O–H groups in total. The van der Waals surface area contributed by atoms with E-state index in [-0.39, 0.29) is 23.6 Å². The van der Waals surface area contributed by atoms with Gasteiger partial charge in [-0.2, -0.15) is 13.2 Å². The summed E-state index contributed by atoms with van der Waals surface area (Å²) in [4.78, 5) is 0. The van der Waals surface area contributed by atoms with Gasteiger partial charge in [0, 0.05) is 18.2 Å². The summed E-state index contributed by atoms with van der Waals surface area (Å²) < 4.78 is 68.9. The molecule has 0 aliphatic carbocycles. The van der Waals surface area contributed by atoms with Gasteiger partial charge in [-0.05, 0) is 24.3 Å². The van der Waals surface area contributed by atoms with E-state index in [2.05, 4.69) is 5.32 Å². The van der Waals surface area contributed by atoms with E-state index in [1.54, 1.807) is 0 Å². The number of benzene rings is 1. The zero-order valence-corrected chi connectivity index (χ0v) is 11.5. The normalized spacial score (nSPS) is 12.3. The highest BCUT2D eigenvalue weighted by molar-refractivity contribution is 6.01. The van der Waals surface area contributed by atoms with Crippen molar-refractivity contribution in [1.29, 1.82) is 5.41 Å². The third-order valence-electron chi connectivity index (χ3n) is 2.87. The molecular formula is C15H11F5N2O. The number of halogens is 5. The van der Waals surface area contributed by atoms with Gasteiger partial charge in [-0.15, -0.1) is 0 Å². The zero-order chi connectivity index (χ0) is 17.0. The first-order valence-electron chi connectivity index (χ1n) is 6.36. The zero-order valence-electron chi connectivity index (χ0n) is 11.5. The molecule has 0 spiro atoms. The molecule has 122 valence electrons. The van der Waals surface area contributed by atoms with Crippen molar-refractivity contribution < 1.29 is 26.4 Å². The molecule has 0 unspecified atom stereocenters. The van der Waals surface area contributed by atoms with Gasteiger partial charge < -0.3 is 9.73 Å². The van der Waals surface area contributed by atoms with E-state index < -0.39 is 23.5 Å². The Balaban J connectivity index is 2.22. The average molecular weight is 330 g/mol. The Kier molecular flexibility index (Phi) is 4.83. The summed E-state index contributed by atoms with van der Waals surface area (Å²) in [6.07, 6.45) is -3.03. The van der Waals surface area contributed by atoms with Crippen molar-refractivity contribution in [3.8, 4) is 0 Å². The lowest BCUT2D eigenvalue weighted by atomic mass is 10.2. The van der Waals surface area contributed by atoms with Crippen molar-refractivity contribution in [2.75, 3.05) is 0 Å². The van der Waals surface area contributed by atoms with Crippen LogP contribution < -0.4 is 5.32 Å². The Bertz CT molecular complexity index is 720. The van der Waals surface area contributed by atoms with Crippen LogP contribution in [0.5, 0.6) is 0 Å². The molecule has 23 heavy (non-hydrogen) atoms. The molecule has 0 aliphatic rings. The molecule has 1 heterocycles. The number of hydrogen-bond acceptors (Lipinski definition) is 3. The fraction of sp³-hybridized carbons (Fsp3) is 0.133. The van der Waals surface area contributed by atoms with E-state index in [1.807, 2.05) is 0 Å². The Hall–Kier alpha value is -2.64. The van der Waals surface area contributed by atoms with Crippen LogP contribution in [0.3, 0.4) is 0 Å². The van der Waals surface area contributed by atoms with Crippen molar-refractivity contribution >= 4 is 11.4 Å². The lowest BCUT2D eigenvalue weighted by Gasteiger charge is -2.11. The number of allylic oxidation sites excluding steroid dienone is 1. The van der Waals surface area contributed by atoms with Gasteiger partial charge in [0.2, 0.25) is 0 Å².